The number of fused-ring (bicyclic) bond motifs is 1. The first kappa shape index (κ1) is 15.7. The summed E-state index contributed by atoms with van der Waals surface area (Å²) in [6.45, 7) is 2.22. The highest BCUT2D eigenvalue weighted by atomic mass is 35.5. The average molecular weight is 338 g/mol. The fourth-order valence-electron chi connectivity index (χ4n) is 2.94. The Morgan fingerprint density at radius 3 is 3.09 bits per heavy atom. The molecule has 2 aromatic rings. The number of carbonyl (C=O) groups excluding carboxylic acids is 1. The highest BCUT2D eigenvalue weighted by molar-refractivity contribution is 7.99. The number of aromatic nitrogens is 2. The van der Waals surface area contributed by atoms with E-state index in [-0.39, 0.29) is 5.91 Å². The van der Waals surface area contributed by atoms with Crippen LogP contribution in [-0.2, 0) is 4.79 Å². The number of thioether (sulfide) groups is 1. The number of benzene rings is 1. The molecule has 1 aromatic carbocycles. The average Bonchev–Trinajstić information content (AvgIpc) is 2.89. The molecule has 6 heteroatoms. The molecule has 2 N–H and O–H groups in total. The van der Waals surface area contributed by atoms with Gasteiger partial charge in [0.25, 0.3) is 0 Å². The maximum absolute atomic E-state index is 12.1. The van der Waals surface area contributed by atoms with E-state index in [1.54, 1.807) is 0 Å². The standard InChI is InChI=1S/C16H20ClN3OS/c1-10-4-2-3-5-12(10)18-15(21)9-22-16-19-13-7-6-11(17)8-14(13)20-16/h6-8,10,12H,2-5,9H2,1H3,(H,18,21)(H,19,20)/t10-,12-/m1/s1. The van der Waals surface area contributed by atoms with E-state index in [1.165, 1.54) is 31.0 Å². The van der Waals surface area contributed by atoms with Crippen LogP contribution in [0.3, 0.4) is 0 Å². The zero-order valence-electron chi connectivity index (χ0n) is 12.6. The largest absolute Gasteiger partial charge is 0.352 e. The molecule has 4 nitrogen and oxygen atoms in total. The second-order valence-electron chi connectivity index (χ2n) is 5.93. The van der Waals surface area contributed by atoms with Gasteiger partial charge in [-0.15, -0.1) is 0 Å². The molecule has 0 bridgehead atoms. The summed E-state index contributed by atoms with van der Waals surface area (Å²) in [4.78, 5) is 19.8. The van der Waals surface area contributed by atoms with E-state index in [0.717, 1.165) is 22.6 Å². The van der Waals surface area contributed by atoms with E-state index >= 15 is 0 Å². The highest BCUT2D eigenvalue weighted by Gasteiger charge is 2.22. The van der Waals surface area contributed by atoms with E-state index < -0.39 is 0 Å². The predicted octanol–water partition coefficient (Wildman–Crippen LogP) is 4.00. The molecule has 1 aliphatic carbocycles. The number of halogens is 1. The summed E-state index contributed by atoms with van der Waals surface area (Å²) < 4.78 is 0. The molecule has 1 aromatic heterocycles. The number of aromatic amines is 1. The van der Waals surface area contributed by atoms with Gasteiger partial charge in [0.15, 0.2) is 5.16 Å². The van der Waals surface area contributed by atoms with Crippen molar-refractivity contribution >= 4 is 40.3 Å². The van der Waals surface area contributed by atoms with Crippen LogP contribution in [0, 0.1) is 5.92 Å². The van der Waals surface area contributed by atoms with Gasteiger partial charge < -0.3 is 10.3 Å². The lowest BCUT2D eigenvalue weighted by Gasteiger charge is -2.29. The van der Waals surface area contributed by atoms with Gasteiger partial charge >= 0.3 is 0 Å². The van der Waals surface area contributed by atoms with Crippen molar-refractivity contribution in [3.05, 3.63) is 23.2 Å². The third-order valence-corrected chi connectivity index (χ3v) is 5.33. The Morgan fingerprint density at radius 2 is 2.27 bits per heavy atom. The van der Waals surface area contributed by atoms with Crippen LogP contribution in [0.25, 0.3) is 11.0 Å². The Labute approximate surface area is 139 Å². The van der Waals surface area contributed by atoms with Crippen LogP contribution in [0.5, 0.6) is 0 Å². The van der Waals surface area contributed by atoms with Gasteiger partial charge in [0.2, 0.25) is 5.91 Å². The number of amides is 1. The number of imidazole rings is 1. The number of nitrogens with one attached hydrogen (secondary N) is 2. The molecule has 0 unspecified atom stereocenters. The number of hydrogen-bond donors (Lipinski definition) is 2. The highest BCUT2D eigenvalue weighted by Crippen LogP contribution is 2.25. The second-order valence-corrected chi connectivity index (χ2v) is 7.33. The summed E-state index contributed by atoms with van der Waals surface area (Å²) in [5.41, 5.74) is 1.77. The third kappa shape index (κ3) is 3.76. The first-order valence-electron chi connectivity index (χ1n) is 7.69. The maximum Gasteiger partial charge on any atom is 0.230 e. The maximum atomic E-state index is 12.1. The third-order valence-electron chi connectivity index (χ3n) is 4.22. The Kier molecular flexibility index (Phi) is 4.93. The summed E-state index contributed by atoms with van der Waals surface area (Å²) in [6, 6.07) is 5.87. The lowest BCUT2D eigenvalue weighted by molar-refractivity contribution is -0.119. The van der Waals surface area contributed by atoms with Crippen LogP contribution in [-0.4, -0.2) is 27.7 Å². The molecule has 0 radical (unpaired) electrons. The number of H-pyrrole nitrogens is 1. The number of rotatable bonds is 4. The number of nitrogens with zero attached hydrogens (tertiary/aromatic N) is 1. The van der Waals surface area contributed by atoms with Gasteiger partial charge in [0, 0.05) is 11.1 Å². The fourth-order valence-corrected chi connectivity index (χ4v) is 3.81. The monoisotopic (exact) mass is 337 g/mol. The Balaban J connectivity index is 1.55. The molecule has 1 heterocycles. The van der Waals surface area contributed by atoms with Gasteiger partial charge in [0.1, 0.15) is 0 Å². The van der Waals surface area contributed by atoms with Crippen molar-refractivity contribution in [2.75, 3.05) is 5.75 Å². The number of carbonyl (C=O) groups is 1. The molecular weight excluding hydrogens is 318 g/mol. The normalized spacial score (nSPS) is 21.9. The summed E-state index contributed by atoms with van der Waals surface area (Å²) in [7, 11) is 0. The minimum atomic E-state index is 0.0854. The first-order valence-corrected chi connectivity index (χ1v) is 9.05. The van der Waals surface area contributed by atoms with E-state index in [9.17, 15) is 4.79 Å². The topological polar surface area (TPSA) is 57.8 Å². The first-order chi connectivity index (χ1) is 10.6. The minimum Gasteiger partial charge on any atom is -0.352 e. The molecule has 1 fully saturated rings. The Morgan fingerprint density at radius 1 is 1.45 bits per heavy atom. The van der Waals surface area contributed by atoms with Gasteiger partial charge in [0.05, 0.1) is 16.8 Å². The van der Waals surface area contributed by atoms with Crippen molar-refractivity contribution in [3.63, 3.8) is 0 Å². The van der Waals surface area contributed by atoms with Crippen molar-refractivity contribution in [3.8, 4) is 0 Å². The number of hydrogen-bond acceptors (Lipinski definition) is 3. The summed E-state index contributed by atoms with van der Waals surface area (Å²) in [6.07, 6.45) is 4.81. The molecule has 3 rings (SSSR count). The lowest BCUT2D eigenvalue weighted by Crippen LogP contribution is -2.41. The van der Waals surface area contributed by atoms with Crippen molar-refractivity contribution in [2.45, 2.75) is 43.8 Å². The Hall–Kier alpha value is -1.20. The molecule has 0 saturated heterocycles. The summed E-state index contributed by atoms with van der Waals surface area (Å²) in [5, 5.41) is 4.59. The Bertz CT molecular complexity index is 672. The van der Waals surface area contributed by atoms with Gasteiger partial charge in [-0.3, -0.25) is 4.79 Å². The van der Waals surface area contributed by atoms with Crippen LogP contribution >= 0.6 is 23.4 Å². The minimum absolute atomic E-state index is 0.0854. The van der Waals surface area contributed by atoms with Gasteiger partial charge in [-0.2, -0.15) is 0 Å². The second kappa shape index (κ2) is 6.92. The fraction of sp³-hybridized carbons (Fsp3) is 0.500. The molecule has 1 amide bonds. The smallest absolute Gasteiger partial charge is 0.230 e. The molecular formula is C16H20ClN3OS. The quantitative estimate of drug-likeness (QED) is 0.829. The molecule has 22 heavy (non-hydrogen) atoms. The molecule has 118 valence electrons. The zero-order valence-corrected chi connectivity index (χ0v) is 14.1. The van der Waals surface area contributed by atoms with Crippen LogP contribution in [0.15, 0.2) is 23.4 Å². The van der Waals surface area contributed by atoms with Crippen LogP contribution < -0.4 is 5.32 Å². The van der Waals surface area contributed by atoms with Gasteiger partial charge in [-0.05, 0) is 37.0 Å². The van der Waals surface area contributed by atoms with Gasteiger partial charge in [-0.25, -0.2) is 4.98 Å². The molecule has 0 spiro atoms. The van der Waals surface area contributed by atoms with Crippen LogP contribution in [0.4, 0.5) is 0 Å². The van der Waals surface area contributed by atoms with Crippen molar-refractivity contribution in [1.29, 1.82) is 0 Å². The summed E-state index contributed by atoms with van der Waals surface area (Å²) >= 11 is 7.39. The molecule has 1 saturated carbocycles. The van der Waals surface area contributed by atoms with Crippen molar-refractivity contribution < 1.29 is 4.79 Å². The van der Waals surface area contributed by atoms with Crippen LogP contribution in [0.1, 0.15) is 32.6 Å². The SMILES string of the molecule is C[C@@H]1CCCC[C@H]1NC(=O)CSc1nc2ccc(Cl)cc2[nH]1. The van der Waals surface area contributed by atoms with E-state index in [2.05, 4.69) is 22.2 Å². The molecule has 2 atom stereocenters. The van der Waals surface area contributed by atoms with Crippen molar-refractivity contribution in [2.24, 2.45) is 5.92 Å². The van der Waals surface area contributed by atoms with Crippen LogP contribution in [0.2, 0.25) is 5.02 Å². The molecule has 0 aliphatic heterocycles. The van der Waals surface area contributed by atoms with Crippen molar-refractivity contribution in [1.82, 2.24) is 15.3 Å². The van der Waals surface area contributed by atoms with Gasteiger partial charge in [-0.1, -0.05) is 43.1 Å². The van der Waals surface area contributed by atoms with E-state index in [0.29, 0.717) is 22.7 Å². The zero-order chi connectivity index (χ0) is 15.5. The molecule has 1 aliphatic rings. The van der Waals surface area contributed by atoms with E-state index in [4.69, 9.17) is 11.6 Å². The lowest BCUT2D eigenvalue weighted by atomic mass is 9.86. The predicted molar refractivity (Wildman–Crippen MR) is 91.4 cm³/mol. The van der Waals surface area contributed by atoms with E-state index in [1.807, 2.05) is 18.2 Å². The summed E-state index contributed by atoms with van der Waals surface area (Å²) in [5.74, 6) is 1.05.